The van der Waals surface area contributed by atoms with Crippen LogP contribution in [0.4, 0.5) is 4.79 Å². The first-order valence-electron chi connectivity index (χ1n) is 7.59. The first-order chi connectivity index (χ1) is 11.0. The van der Waals surface area contributed by atoms with E-state index in [0.29, 0.717) is 38.0 Å². The number of rotatable bonds is 5. The highest BCUT2D eigenvalue weighted by atomic mass is 79.9. The lowest BCUT2D eigenvalue weighted by atomic mass is 9.86. The maximum absolute atomic E-state index is 12.0. The molecule has 2 rings (SSSR count). The van der Waals surface area contributed by atoms with Crippen molar-refractivity contribution in [3.05, 3.63) is 28.2 Å². The highest BCUT2D eigenvalue weighted by Gasteiger charge is 2.26. The molecule has 126 valence electrons. The van der Waals surface area contributed by atoms with Crippen LogP contribution in [0.5, 0.6) is 5.75 Å². The second-order valence-electron chi connectivity index (χ2n) is 5.67. The van der Waals surface area contributed by atoms with E-state index in [1.165, 1.54) is 0 Å². The summed E-state index contributed by atoms with van der Waals surface area (Å²) in [6, 6.07) is 5.43. The van der Waals surface area contributed by atoms with E-state index in [9.17, 15) is 9.59 Å². The molecule has 3 N–H and O–H groups in total. The van der Waals surface area contributed by atoms with E-state index in [1.807, 2.05) is 18.2 Å². The Balaban J connectivity index is 1.79. The number of urea groups is 1. The van der Waals surface area contributed by atoms with Gasteiger partial charge in [-0.05, 0) is 37.8 Å². The zero-order chi connectivity index (χ0) is 16.8. The van der Waals surface area contributed by atoms with Crippen LogP contribution >= 0.6 is 15.9 Å². The second kappa shape index (κ2) is 8.19. The van der Waals surface area contributed by atoms with Crippen molar-refractivity contribution in [1.29, 1.82) is 0 Å². The fourth-order valence-corrected chi connectivity index (χ4v) is 3.10. The molecule has 0 radical (unpaired) electrons. The predicted molar refractivity (Wildman–Crippen MR) is 89.4 cm³/mol. The van der Waals surface area contributed by atoms with Gasteiger partial charge in [-0.3, -0.25) is 4.79 Å². The van der Waals surface area contributed by atoms with Crippen molar-refractivity contribution in [3.8, 4) is 5.75 Å². The Kier molecular flexibility index (Phi) is 6.27. The van der Waals surface area contributed by atoms with Crippen LogP contribution in [-0.4, -0.2) is 30.3 Å². The molecular weight excluding hydrogens is 364 g/mol. The molecule has 0 unspecified atom stereocenters. The lowest BCUT2D eigenvalue weighted by molar-refractivity contribution is -0.142. The van der Waals surface area contributed by atoms with Crippen LogP contribution in [0.25, 0.3) is 0 Å². The molecule has 0 atom stereocenters. The highest BCUT2D eigenvalue weighted by Crippen LogP contribution is 2.25. The minimum atomic E-state index is -0.741. The van der Waals surface area contributed by atoms with Crippen LogP contribution in [0.15, 0.2) is 22.7 Å². The number of aliphatic carboxylic acids is 1. The van der Waals surface area contributed by atoms with Crippen LogP contribution in [-0.2, 0) is 11.3 Å². The molecule has 23 heavy (non-hydrogen) atoms. The monoisotopic (exact) mass is 384 g/mol. The maximum atomic E-state index is 12.0. The molecular formula is C16H21BrN2O4. The largest absolute Gasteiger partial charge is 0.496 e. The lowest BCUT2D eigenvalue weighted by Gasteiger charge is -2.26. The van der Waals surface area contributed by atoms with Gasteiger partial charge in [-0.1, -0.05) is 22.0 Å². The van der Waals surface area contributed by atoms with Gasteiger partial charge in [0.05, 0.1) is 13.0 Å². The van der Waals surface area contributed by atoms with E-state index in [-0.39, 0.29) is 18.0 Å². The Hall–Kier alpha value is -1.76. The first kappa shape index (κ1) is 17.6. The molecule has 0 aromatic heterocycles. The predicted octanol–water partition coefficient (Wildman–Crippen LogP) is 2.90. The number of carboxylic acids is 1. The van der Waals surface area contributed by atoms with Gasteiger partial charge >= 0.3 is 12.0 Å². The molecule has 1 aliphatic rings. The van der Waals surface area contributed by atoms with Gasteiger partial charge < -0.3 is 20.5 Å². The van der Waals surface area contributed by atoms with E-state index >= 15 is 0 Å². The highest BCUT2D eigenvalue weighted by molar-refractivity contribution is 9.10. The van der Waals surface area contributed by atoms with E-state index < -0.39 is 5.97 Å². The van der Waals surface area contributed by atoms with Crippen molar-refractivity contribution < 1.29 is 19.4 Å². The number of hydrogen-bond acceptors (Lipinski definition) is 3. The van der Waals surface area contributed by atoms with E-state index in [2.05, 4.69) is 26.6 Å². The molecule has 0 spiro atoms. The molecule has 1 aliphatic carbocycles. The third-order valence-electron chi connectivity index (χ3n) is 4.10. The van der Waals surface area contributed by atoms with Gasteiger partial charge in [0.1, 0.15) is 5.75 Å². The number of carbonyl (C=O) groups is 2. The van der Waals surface area contributed by atoms with Crippen LogP contribution < -0.4 is 15.4 Å². The Bertz CT molecular complexity index is 571. The number of hydrogen-bond donors (Lipinski definition) is 3. The zero-order valence-electron chi connectivity index (χ0n) is 13.0. The minimum Gasteiger partial charge on any atom is -0.496 e. The number of carboxylic acid groups (broad SMARTS) is 1. The Morgan fingerprint density at radius 2 is 2.00 bits per heavy atom. The van der Waals surface area contributed by atoms with Gasteiger partial charge in [0.25, 0.3) is 0 Å². The van der Waals surface area contributed by atoms with E-state index in [1.54, 1.807) is 7.11 Å². The average Bonchev–Trinajstić information content (AvgIpc) is 2.54. The maximum Gasteiger partial charge on any atom is 0.315 e. The van der Waals surface area contributed by atoms with Gasteiger partial charge in [0.15, 0.2) is 0 Å². The van der Waals surface area contributed by atoms with Crippen LogP contribution in [0.1, 0.15) is 31.2 Å². The molecule has 1 aromatic rings. The topological polar surface area (TPSA) is 87.7 Å². The first-order valence-corrected chi connectivity index (χ1v) is 8.38. The molecule has 1 aromatic carbocycles. The van der Waals surface area contributed by atoms with Crippen molar-refractivity contribution in [3.63, 3.8) is 0 Å². The molecule has 0 saturated heterocycles. The van der Waals surface area contributed by atoms with E-state index in [4.69, 9.17) is 9.84 Å². The van der Waals surface area contributed by atoms with Crippen molar-refractivity contribution in [2.75, 3.05) is 7.11 Å². The number of carbonyl (C=O) groups excluding carboxylic acids is 1. The molecule has 2 amide bonds. The summed E-state index contributed by atoms with van der Waals surface area (Å²) in [7, 11) is 1.59. The zero-order valence-corrected chi connectivity index (χ0v) is 14.6. The summed E-state index contributed by atoms with van der Waals surface area (Å²) < 4.78 is 6.20. The van der Waals surface area contributed by atoms with Crippen molar-refractivity contribution in [2.24, 2.45) is 5.92 Å². The third kappa shape index (κ3) is 5.13. The molecule has 0 bridgehead atoms. The summed E-state index contributed by atoms with van der Waals surface area (Å²) in [6.45, 7) is 0.368. The van der Waals surface area contributed by atoms with Gasteiger partial charge in [-0.2, -0.15) is 0 Å². The fourth-order valence-electron chi connectivity index (χ4n) is 2.76. The number of amides is 2. The number of methoxy groups -OCH3 is 1. The van der Waals surface area contributed by atoms with Gasteiger partial charge in [0.2, 0.25) is 0 Å². The van der Waals surface area contributed by atoms with Crippen molar-refractivity contribution in [2.45, 2.75) is 38.3 Å². The Morgan fingerprint density at radius 1 is 1.30 bits per heavy atom. The van der Waals surface area contributed by atoms with Gasteiger partial charge in [0, 0.05) is 22.6 Å². The number of ether oxygens (including phenoxy) is 1. The SMILES string of the molecule is COc1cc(Br)ccc1CNC(=O)NC1CCC(C(=O)O)CC1. The number of nitrogens with one attached hydrogen (secondary N) is 2. The normalized spacial score (nSPS) is 20.6. The second-order valence-corrected chi connectivity index (χ2v) is 6.59. The molecule has 6 nitrogen and oxygen atoms in total. The van der Waals surface area contributed by atoms with Crippen molar-refractivity contribution >= 4 is 27.9 Å². The summed E-state index contributed by atoms with van der Waals surface area (Å²) >= 11 is 3.38. The summed E-state index contributed by atoms with van der Waals surface area (Å²) in [6.07, 6.45) is 2.62. The third-order valence-corrected chi connectivity index (χ3v) is 4.59. The summed E-state index contributed by atoms with van der Waals surface area (Å²) in [5, 5.41) is 14.7. The van der Waals surface area contributed by atoms with Crippen molar-refractivity contribution in [1.82, 2.24) is 10.6 Å². The summed E-state index contributed by atoms with van der Waals surface area (Å²) in [5.41, 5.74) is 0.889. The average molecular weight is 385 g/mol. The quantitative estimate of drug-likeness (QED) is 0.728. The van der Waals surface area contributed by atoms with Crippen LogP contribution in [0.2, 0.25) is 0 Å². The Morgan fingerprint density at radius 3 is 2.61 bits per heavy atom. The lowest BCUT2D eigenvalue weighted by Crippen LogP contribution is -2.43. The molecule has 0 aliphatic heterocycles. The van der Waals surface area contributed by atoms with E-state index in [0.717, 1.165) is 10.0 Å². The molecule has 1 saturated carbocycles. The van der Waals surface area contributed by atoms with Gasteiger partial charge in [-0.25, -0.2) is 4.79 Å². The number of halogens is 1. The van der Waals surface area contributed by atoms with Crippen LogP contribution in [0, 0.1) is 5.92 Å². The fraction of sp³-hybridized carbons (Fsp3) is 0.500. The standard InChI is InChI=1S/C16H21BrN2O4/c1-23-14-8-12(17)5-2-11(14)9-18-16(22)19-13-6-3-10(4-7-13)15(20)21/h2,5,8,10,13H,3-4,6-7,9H2,1H3,(H,20,21)(H2,18,19,22). The molecule has 7 heteroatoms. The smallest absolute Gasteiger partial charge is 0.315 e. The van der Waals surface area contributed by atoms with Gasteiger partial charge in [-0.15, -0.1) is 0 Å². The molecule has 0 heterocycles. The summed E-state index contributed by atoms with van der Waals surface area (Å²) in [4.78, 5) is 22.9. The Labute approximate surface area is 143 Å². The molecule has 1 fully saturated rings. The summed E-state index contributed by atoms with van der Waals surface area (Å²) in [5.74, 6) is -0.306. The minimum absolute atomic E-state index is 0.0393. The van der Waals surface area contributed by atoms with Crippen LogP contribution in [0.3, 0.4) is 0 Å². The number of benzene rings is 1.